The number of rotatable bonds is 4. The lowest BCUT2D eigenvalue weighted by Crippen LogP contribution is -2.40. The predicted octanol–water partition coefficient (Wildman–Crippen LogP) is 4.54. The van der Waals surface area contributed by atoms with Crippen LogP contribution in [0.5, 0.6) is 5.88 Å². The molecule has 158 valence electrons. The summed E-state index contributed by atoms with van der Waals surface area (Å²) in [7, 11) is 0. The van der Waals surface area contributed by atoms with Gasteiger partial charge in [0.1, 0.15) is 5.82 Å². The second kappa shape index (κ2) is 8.09. The van der Waals surface area contributed by atoms with E-state index in [1.807, 2.05) is 66.9 Å². The number of hydrogen-bond acceptors (Lipinski definition) is 4. The van der Waals surface area contributed by atoms with Crippen molar-refractivity contribution in [2.45, 2.75) is 0 Å². The molecule has 0 radical (unpaired) electrons. The van der Waals surface area contributed by atoms with Crippen LogP contribution in [0.4, 0.5) is 0 Å². The molecule has 0 atom stereocenters. The fourth-order valence-electron chi connectivity index (χ4n) is 4.00. The van der Waals surface area contributed by atoms with Crippen molar-refractivity contribution in [1.82, 2.24) is 19.9 Å². The molecule has 6 nitrogen and oxygen atoms in total. The lowest BCUT2D eigenvalue weighted by Gasteiger charge is -2.14. The zero-order valence-corrected chi connectivity index (χ0v) is 17.6. The molecule has 0 unspecified atom stereocenters. The molecule has 0 saturated heterocycles. The molecule has 1 N–H and O–H groups in total. The predicted molar refractivity (Wildman–Crippen MR) is 127 cm³/mol. The van der Waals surface area contributed by atoms with Gasteiger partial charge in [0.15, 0.2) is 5.82 Å². The first-order valence-electron chi connectivity index (χ1n) is 10.6. The normalized spacial score (nSPS) is 13.3. The summed E-state index contributed by atoms with van der Waals surface area (Å²) in [6, 6.07) is 24.4. The van der Waals surface area contributed by atoms with Crippen molar-refractivity contribution in [3.8, 4) is 11.7 Å². The van der Waals surface area contributed by atoms with Gasteiger partial charge in [-0.15, -0.1) is 0 Å². The maximum atomic E-state index is 6.14. The maximum absolute atomic E-state index is 6.14. The van der Waals surface area contributed by atoms with Crippen LogP contribution < -0.4 is 14.6 Å². The van der Waals surface area contributed by atoms with Crippen molar-refractivity contribution in [2.24, 2.45) is 0 Å². The van der Waals surface area contributed by atoms with Crippen molar-refractivity contribution in [2.75, 3.05) is 0 Å². The quantitative estimate of drug-likeness (QED) is 0.337. The van der Waals surface area contributed by atoms with Crippen molar-refractivity contribution >= 4 is 27.6 Å². The summed E-state index contributed by atoms with van der Waals surface area (Å²) in [5.74, 6) is 2.59. The van der Waals surface area contributed by atoms with Crippen LogP contribution in [0.3, 0.4) is 0 Å². The van der Waals surface area contributed by atoms with E-state index < -0.39 is 0 Å². The number of nitrogens with one attached hydrogen (secondary N) is 1. The van der Waals surface area contributed by atoms with E-state index >= 15 is 0 Å². The van der Waals surface area contributed by atoms with Gasteiger partial charge in [0, 0.05) is 29.1 Å². The van der Waals surface area contributed by atoms with Gasteiger partial charge in [0.2, 0.25) is 12.2 Å². The fraction of sp³-hybridized carbons (Fsp3) is 0. The lowest BCUT2D eigenvalue weighted by atomic mass is 10.2. The van der Waals surface area contributed by atoms with Crippen LogP contribution in [0, 0.1) is 6.33 Å². The first-order valence-corrected chi connectivity index (χ1v) is 10.6. The third-order valence-corrected chi connectivity index (χ3v) is 5.42. The summed E-state index contributed by atoms with van der Waals surface area (Å²) in [6.07, 6.45) is 14.1. The summed E-state index contributed by atoms with van der Waals surface area (Å²) < 4.78 is 10.1. The topological polar surface area (TPSA) is 55.9 Å². The minimum absolute atomic E-state index is 0.489. The van der Waals surface area contributed by atoms with Crippen LogP contribution in [0.2, 0.25) is 0 Å². The molecule has 4 heterocycles. The third kappa shape index (κ3) is 3.53. The number of ether oxygens (including phenoxy) is 1. The van der Waals surface area contributed by atoms with E-state index in [1.165, 1.54) is 10.8 Å². The smallest absolute Gasteiger partial charge is 0.250 e. The number of aromatic nitrogens is 4. The van der Waals surface area contributed by atoms with Crippen molar-refractivity contribution < 1.29 is 9.30 Å². The average molecular weight is 429 g/mol. The molecule has 0 aliphatic carbocycles. The second-order valence-corrected chi connectivity index (χ2v) is 7.49. The highest BCUT2D eigenvalue weighted by atomic mass is 16.5. The molecule has 6 heteroatoms. The molecule has 0 saturated carbocycles. The molecular formula is C27H19N5O. The van der Waals surface area contributed by atoms with Crippen LogP contribution in [0.25, 0.3) is 33.4 Å². The first kappa shape index (κ1) is 19.0. The highest BCUT2D eigenvalue weighted by molar-refractivity contribution is 6.09. The number of pyridine rings is 1. The third-order valence-electron chi connectivity index (χ3n) is 5.42. The Bertz CT molecular complexity index is 1510. The van der Waals surface area contributed by atoms with Crippen LogP contribution in [-0.4, -0.2) is 14.5 Å². The molecule has 0 amide bonds. The van der Waals surface area contributed by atoms with Gasteiger partial charge in [-0.2, -0.15) is 4.98 Å². The number of benzene rings is 2. The number of para-hydroxylation sites is 2. The first-order chi connectivity index (χ1) is 16.4. The van der Waals surface area contributed by atoms with Crippen LogP contribution >= 0.6 is 0 Å². The molecule has 6 rings (SSSR count). The van der Waals surface area contributed by atoms with Crippen molar-refractivity contribution in [3.05, 3.63) is 122 Å². The largest absolute Gasteiger partial charge is 0.411 e. The Morgan fingerprint density at radius 1 is 0.818 bits per heavy atom. The molecule has 2 aromatic carbocycles. The lowest BCUT2D eigenvalue weighted by molar-refractivity contribution is -0.593. The molecule has 5 aromatic rings. The average Bonchev–Trinajstić information content (AvgIpc) is 3.02. The van der Waals surface area contributed by atoms with Gasteiger partial charge < -0.3 is 9.30 Å². The monoisotopic (exact) mass is 429 g/mol. The van der Waals surface area contributed by atoms with E-state index in [2.05, 4.69) is 57.6 Å². The Morgan fingerprint density at radius 3 is 2.33 bits per heavy atom. The Labute approximate surface area is 190 Å². The van der Waals surface area contributed by atoms with Gasteiger partial charge in [-0.25, -0.2) is 4.98 Å². The Morgan fingerprint density at radius 2 is 1.58 bits per heavy atom. The van der Waals surface area contributed by atoms with E-state index in [-0.39, 0.29) is 0 Å². The molecular weight excluding hydrogens is 410 g/mol. The second-order valence-electron chi connectivity index (χ2n) is 7.49. The fourth-order valence-corrected chi connectivity index (χ4v) is 4.00. The van der Waals surface area contributed by atoms with E-state index in [4.69, 9.17) is 9.72 Å². The maximum Gasteiger partial charge on any atom is 0.250 e. The minimum atomic E-state index is 0.489. The van der Waals surface area contributed by atoms with Gasteiger partial charge in [0.05, 0.1) is 11.0 Å². The van der Waals surface area contributed by atoms with Gasteiger partial charge in [-0.3, -0.25) is 9.88 Å². The molecule has 0 bridgehead atoms. The van der Waals surface area contributed by atoms with Gasteiger partial charge in [0.25, 0.3) is 5.88 Å². The van der Waals surface area contributed by atoms with Crippen LogP contribution in [0.1, 0.15) is 0 Å². The number of fused-ring (bicyclic) bond motifs is 3. The van der Waals surface area contributed by atoms with Crippen molar-refractivity contribution in [1.29, 1.82) is 0 Å². The highest BCUT2D eigenvalue weighted by Crippen LogP contribution is 2.31. The molecule has 1 aliphatic rings. The SMILES string of the molecule is [c-]1nccc[n+]1C1=CC=CC=C(Oc2cccc(-n3c4ccccc4c4ccccc43)n2)N1. The van der Waals surface area contributed by atoms with Gasteiger partial charge in [-0.05, 0) is 30.5 Å². The summed E-state index contributed by atoms with van der Waals surface area (Å²) in [5, 5.41) is 5.66. The van der Waals surface area contributed by atoms with E-state index in [0.29, 0.717) is 11.8 Å². The molecule has 0 fully saturated rings. The van der Waals surface area contributed by atoms with Crippen LogP contribution in [0.15, 0.2) is 115 Å². The Kier molecular flexibility index (Phi) is 4.66. The van der Waals surface area contributed by atoms with Crippen molar-refractivity contribution in [3.63, 3.8) is 0 Å². The van der Waals surface area contributed by atoms with E-state index in [9.17, 15) is 0 Å². The summed E-state index contributed by atoms with van der Waals surface area (Å²) in [5.41, 5.74) is 2.21. The molecule has 3 aromatic heterocycles. The van der Waals surface area contributed by atoms with Gasteiger partial charge >= 0.3 is 0 Å². The Balaban J connectivity index is 1.36. The summed E-state index contributed by atoms with van der Waals surface area (Å²) in [6.45, 7) is 0. The summed E-state index contributed by atoms with van der Waals surface area (Å²) in [4.78, 5) is 8.87. The van der Waals surface area contributed by atoms with Gasteiger partial charge in [-0.1, -0.05) is 60.7 Å². The summed E-state index contributed by atoms with van der Waals surface area (Å²) >= 11 is 0. The molecule has 33 heavy (non-hydrogen) atoms. The zero-order valence-electron chi connectivity index (χ0n) is 17.6. The number of hydrogen-bond donors (Lipinski definition) is 1. The minimum Gasteiger partial charge on any atom is -0.411 e. The number of allylic oxidation sites excluding steroid dienone is 4. The molecule has 1 aliphatic heterocycles. The standard InChI is InChI=1S/C27H19N5O/c1-3-11-22-20(9-1)21-10-2-4-12-23(21)32(22)25-14-7-16-27(30-25)33-26-15-6-5-13-24(29-26)31-18-8-17-28-19-31/h1-18,29H. The Hall–Kier alpha value is -4.71. The molecule has 0 spiro atoms. The van der Waals surface area contributed by atoms with E-state index in [0.717, 1.165) is 22.7 Å². The zero-order chi connectivity index (χ0) is 22.0. The number of nitrogens with zero attached hydrogens (tertiary/aromatic N) is 4. The van der Waals surface area contributed by atoms with E-state index in [1.54, 1.807) is 10.8 Å². The highest BCUT2D eigenvalue weighted by Gasteiger charge is 2.14. The van der Waals surface area contributed by atoms with Crippen LogP contribution in [-0.2, 0) is 0 Å².